The zero-order valence-corrected chi connectivity index (χ0v) is 20.7. The fourth-order valence-corrected chi connectivity index (χ4v) is 4.72. The summed E-state index contributed by atoms with van der Waals surface area (Å²) in [6, 6.07) is 9.14. The lowest BCUT2D eigenvalue weighted by Crippen LogP contribution is -2.33. The number of esters is 1. The SMILES string of the molecule is COC(=O)c1csc(NC(=O)[C@H](Cc2cccc(F)c2)n2c(O)c(-c3ccc4c(c3)OCCO4)[nH]c2=O)n1. The molecule has 0 saturated carbocycles. The monoisotopic (exact) mass is 540 g/mol. The van der Waals surface area contributed by atoms with E-state index in [-0.39, 0.29) is 22.9 Å². The fraction of sp³-hybridized carbons (Fsp3) is 0.200. The van der Waals surface area contributed by atoms with E-state index in [9.17, 15) is 23.9 Å². The number of methoxy groups -OCH3 is 1. The summed E-state index contributed by atoms with van der Waals surface area (Å²) >= 11 is 0.979. The highest BCUT2D eigenvalue weighted by Gasteiger charge is 2.29. The van der Waals surface area contributed by atoms with E-state index in [4.69, 9.17) is 9.47 Å². The number of rotatable bonds is 7. The van der Waals surface area contributed by atoms with Crippen LogP contribution in [0.15, 0.2) is 52.6 Å². The highest BCUT2D eigenvalue weighted by molar-refractivity contribution is 7.14. The maximum Gasteiger partial charge on any atom is 0.357 e. The summed E-state index contributed by atoms with van der Waals surface area (Å²) in [5, 5.41) is 15.2. The van der Waals surface area contributed by atoms with Crippen molar-refractivity contribution in [2.45, 2.75) is 12.5 Å². The van der Waals surface area contributed by atoms with Gasteiger partial charge in [0.15, 0.2) is 22.3 Å². The van der Waals surface area contributed by atoms with Crippen LogP contribution in [-0.4, -0.2) is 51.8 Å². The van der Waals surface area contributed by atoms with Crippen molar-refractivity contribution >= 4 is 28.3 Å². The third kappa shape index (κ3) is 4.95. The van der Waals surface area contributed by atoms with Gasteiger partial charge in [0.25, 0.3) is 0 Å². The molecule has 38 heavy (non-hydrogen) atoms. The highest BCUT2D eigenvalue weighted by Crippen LogP contribution is 2.37. The Labute approximate surface area is 218 Å². The van der Waals surface area contributed by atoms with Crippen molar-refractivity contribution in [2.24, 2.45) is 0 Å². The van der Waals surface area contributed by atoms with Gasteiger partial charge < -0.3 is 29.6 Å². The van der Waals surface area contributed by atoms with E-state index in [1.54, 1.807) is 24.3 Å². The molecule has 0 unspecified atom stereocenters. The van der Waals surface area contributed by atoms with Crippen molar-refractivity contribution in [3.63, 3.8) is 0 Å². The molecule has 2 aromatic carbocycles. The quantitative estimate of drug-likeness (QED) is 0.303. The number of carbonyl (C=O) groups is 2. The molecule has 1 atom stereocenters. The number of imidazole rings is 1. The number of nitrogens with one attached hydrogen (secondary N) is 2. The number of amides is 1. The van der Waals surface area contributed by atoms with Crippen molar-refractivity contribution in [1.29, 1.82) is 0 Å². The molecule has 1 aliphatic rings. The lowest BCUT2D eigenvalue weighted by molar-refractivity contribution is -0.119. The van der Waals surface area contributed by atoms with Gasteiger partial charge in [-0.1, -0.05) is 12.1 Å². The number of benzene rings is 2. The first-order chi connectivity index (χ1) is 18.3. The molecule has 0 spiro atoms. The second kappa shape index (κ2) is 10.4. The van der Waals surface area contributed by atoms with Crippen LogP contribution in [-0.2, 0) is 16.0 Å². The van der Waals surface area contributed by atoms with Crippen LogP contribution in [0.1, 0.15) is 22.1 Å². The van der Waals surface area contributed by atoms with Gasteiger partial charge >= 0.3 is 11.7 Å². The Morgan fingerprint density at radius 2 is 2.03 bits per heavy atom. The first-order valence-corrected chi connectivity index (χ1v) is 12.2. The second-order valence-corrected chi connectivity index (χ2v) is 9.08. The first kappa shape index (κ1) is 25.0. The summed E-state index contributed by atoms with van der Waals surface area (Å²) in [6.45, 7) is 0.756. The van der Waals surface area contributed by atoms with Crippen molar-refractivity contribution in [2.75, 3.05) is 25.6 Å². The third-order valence-corrected chi connectivity index (χ3v) is 6.55. The normalized spacial score (nSPS) is 13.1. The molecule has 0 saturated heterocycles. The molecule has 1 aliphatic heterocycles. The summed E-state index contributed by atoms with van der Waals surface area (Å²) < 4.78 is 30.5. The molecule has 0 radical (unpaired) electrons. The zero-order chi connectivity index (χ0) is 26.8. The van der Waals surface area contributed by atoms with Crippen LogP contribution in [0.25, 0.3) is 11.3 Å². The van der Waals surface area contributed by atoms with E-state index >= 15 is 0 Å². The molecule has 4 aromatic rings. The molecule has 0 aliphatic carbocycles. The first-order valence-electron chi connectivity index (χ1n) is 11.4. The Kier molecular flexibility index (Phi) is 6.83. The van der Waals surface area contributed by atoms with Gasteiger partial charge in [0, 0.05) is 17.4 Å². The fourth-order valence-electron chi connectivity index (χ4n) is 4.04. The maximum atomic E-state index is 13.9. The smallest absolute Gasteiger partial charge is 0.357 e. The minimum absolute atomic E-state index is 0.00275. The largest absolute Gasteiger partial charge is 0.493 e. The van der Waals surface area contributed by atoms with Crippen LogP contribution in [0.2, 0.25) is 0 Å². The standard InChI is InChI=1S/C25H21FN4O7S/c1-35-23(33)16-12-38-24(27-16)29-21(31)17(10-13-3-2-4-15(26)9-13)30-22(32)20(28-25(30)34)14-5-6-18-19(11-14)37-8-7-36-18/h2-6,9,11-12,17,32H,7-8,10H2,1H3,(H,28,34)(H,27,29,31)/t17-/m0/s1. The molecule has 196 valence electrons. The number of aromatic hydroxyl groups is 1. The summed E-state index contributed by atoms with van der Waals surface area (Å²) in [7, 11) is 1.20. The molecule has 3 N–H and O–H groups in total. The maximum absolute atomic E-state index is 13.9. The third-order valence-electron chi connectivity index (χ3n) is 5.79. The number of anilines is 1. The van der Waals surface area contributed by atoms with E-state index in [0.29, 0.717) is 35.8 Å². The zero-order valence-electron chi connectivity index (χ0n) is 19.9. The summed E-state index contributed by atoms with van der Waals surface area (Å²) in [6.07, 6.45) is -0.134. The number of fused-ring (bicyclic) bond motifs is 1. The number of thiazole rings is 1. The molecule has 1 amide bonds. The lowest BCUT2D eigenvalue weighted by atomic mass is 10.0. The van der Waals surface area contributed by atoms with Crippen LogP contribution in [0.3, 0.4) is 0 Å². The average molecular weight is 541 g/mol. The van der Waals surface area contributed by atoms with E-state index in [1.165, 1.54) is 30.7 Å². The minimum atomic E-state index is -1.31. The molecule has 0 fully saturated rings. The van der Waals surface area contributed by atoms with Crippen molar-refractivity contribution in [3.05, 3.63) is 75.4 Å². The Balaban J connectivity index is 1.52. The highest BCUT2D eigenvalue weighted by atomic mass is 32.1. The van der Waals surface area contributed by atoms with Crippen LogP contribution in [0, 0.1) is 5.82 Å². The molecule has 2 aromatic heterocycles. The number of halogens is 1. The summed E-state index contributed by atoms with van der Waals surface area (Å²) in [5.74, 6) is -1.45. The minimum Gasteiger partial charge on any atom is -0.493 e. The van der Waals surface area contributed by atoms with Crippen molar-refractivity contribution < 1.29 is 33.3 Å². The topological polar surface area (TPSA) is 145 Å². The van der Waals surface area contributed by atoms with Gasteiger partial charge in [-0.3, -0.25) is 4.79 Å². The molecule has 13 heteroatoms. The van der Waals surface area contributed by atoms with Gasteiger partial charge in [0.2, 0.25) is 11.8 Å². The van der Waals surface area contributed by atoms with E-state index in [0.717, 1.165) is 15.9 Å². The van der Waals surface area contributed by atoms with Gasteiger partial charge in [-0.15, -0.1) is 11.3 Å². The summed E-state index contributed by atoms with van der Waals surface area (Å²) in [5.41, 5.74) is 0.129. The Morgan fingerprint density at radius 3 is 2.79 bits per heavy atom. The molecule has 0 bridgehead atoms. The predicted octanol–water partition coefficient (Wildman–Crippen LogP) is 3.12. The number of aromatic amines is 1. The second-order valence-electron chi connectivity index (χ2n) is 8.23. The Bertz CT molecular complexity index is 1580. The molecule has 5 rings (SSSR count). The number of ether oxygens (including phenoxy) is 3. The van der Waals surface area contributed by atoms with E-state index in [2.05, 4.69) is 20.0 Å². The molecular formula is C25H21FN4O7S. The molecule has 11 nitrogen and oxygen atoms in total. The van der Waals surface area contributed by atoms with Crippen molar-refractivity contribution in [3.8, 4) is 28.6 Å². The predicted molar refractivity (Wildman–Crippen MR) is 134 cm³/mol. The van der Waals surface area contributed by atoms with Gasteiger partial charge in [-0.05, 0) is 35.9 Å². The van der Waals surface area contributed by atoms with Crippen LogP contribution in [0.5, 0.6) is 17.4 Å². The molecule has 3 heterocycles. The van der Waals surface area contributed by atoms with E-state index in [1.807, 2.05) is 0 Å². The lowest BCUT2D eigenvalue weighted by Gasteiger charge is -2.19. The van der Waals surface area contributed by atoms with Crippen LogP contribution < -0.4 is 20.5 Å². The number of hydrogen-bond acceptors (Lipinski definition) is 9. The van der Waals surface area contributed by atoms with Crippen LogP contribution >= 0.6 is 11.3 Å². The van der Waals surface area contributed by atoms with E-state index < -0.39 is 35.3 Å². The van der Waals surface area contributed by atoms with Crippen molar-refractivity contribution in [1.82, 2.24) is 14.5 Å². The van der Waals surface area contributed by atoms with Crippen LogP contribution in [0.4, 0.5) is 9.52 Å². The Morgan fingerprint density at radius 1 is 1.24 bits per heavy atom. The number of nitrogens with zero attached hydrogens (tertiary/aromatic N) is 2. The van der Waals surface area contributed by atoms with Gasteiger partial charge in [0.1, 0.15) is 30.8 Å². The Hall–Kier alpha value is -4.65. The average Bonchev–Trinajstić information content (AvgIpc) is 3.50. The van der Waals surface area contributed by atoms with Gasteiger partial charge in [0.05, 0.1) is 7.11 Å². The number of H-pyrrole nitrogens is 1. The number of hydrogen-bond donors (Lipinski definition) is 3. The van der Waals surface area contributed by atoms with Gasteiger partial charge in [-0.25, -0.2) is 23.5 Å². The number of carbonyl (C=O) groups excluding carboxylic acids is 2. The van der Waals surface area contributed by atoms with Gasteiger partial charge in [-0.2, -0.15) is 0 Å². The molecular weight excluding hydrogens is 519 g/mol. The summed E-state index contributed by atoms with van der Waals surface area (Å²) in [4.78, 5) is 44.8. The number of aromatic nitrogens is 3.